The van der Waals surface area contributed by atoms with E-state index in [-0.39, 0.29) is 23.5 Å². The van der Waals surface area contributed by atoms with Crippen LogP contribution in [-0.2, 0) is 31.7 Å². The maximum absolute atomic E-state index is 11.8. The molecule has 1 aromatic carbocycles. The maximum atomic E-state index is 11.8. The van der Waals surface area contributed by atoms with E-state index >= 15 is 0 Å². The van der Waals surface area contributed by atoms with E-state index in [9.17, 15) is 16.8 Å². The normalized spacial score (nSPS) is 13.3. The molecule has 0 fully saturated rings. The van der Waals surface area contributed by atoms with Crippen LogP contribution in [0.2, 0.25) is 0 Å². The SMILES string of the molecule is CC(C)(C)c1ccc(CCS(=O)(=O)NCCS(C)(=O)=O)cc1. The highest BCUT2D eigenvalue weighted by Gasteiger charge is 2.14. The van der Waals surface area contributed by atoms with Gasteiger partial charge in [0.05, 0.1) is 11.5 Å². The van der Waals surface area contributed by atoms with Gasteiger partial charge in [-0.1, -0.05) is 45.0 Å². The number of nitrogens with one attached hydrogen (secondary N) is 1. The van der Waals surface area contributed by atoms with E-state index in [0.717, 1.165) is 11.8 Å². The Labute approximate surface area is 134 Å². The van der Waals surface area contributed by atoms with Crippen LogP contribution in [0, 0.1) is 0 Å². The van der Waals surface area contributed by atoms with Crippen LogP contribution in [0.1, 0.15) is 31.9 Å². The fraction of sp³-hybridized carbons (Fsp3) is 0.600. The molecule has 1 rings (SSSR count). The second kappa shape index (κ2) is 7.10. The van der Waals surface area contributed by atoms with Gasteiger partial charge in [-0.2, -0.15) is 0 Å². The van der Waals surface area contributed by atoms with E-state index < -0.39 is 19.9 Å². The minimum absolute atomic E-state index is 0.0500. The second-order valence-electron chi connectivity index (χ2n) is 6.54. The van der Waals surface area contributed by atoms with Gasteiger partial charge < -0.3 is 0 Å². The lowest BCUT2D eigenvalue weighted by atomic mass is 9.86. The first-order valence-corrected chi connectivity index (χ1v) is 10.8. The lowest BCUT2D eigenvalue weighted by Crippen LogP contribution is -2.31. The maximum Gasteiger partial charge on any atom is 0.211 e. The number of hydrogen-bond donors (Lipinski definition) is 1. The molecule has 22 heavy (non-hydrogen) atoms. The third-order valence-electron chi connectivity index (χ3n) is 3.27. The van der Waals surface area contributed by atoms with Gasteiger partial charge in [0.1, 0.15) is 9.84 Å². The third kappa shape index (κ3) is 7.38. The number of aryl methyl sites for hydroxylation is 1. The third-order valence-corrected chi connectivity index (χ3v) is 5.61. The van der Waals surface area contributed by atoms with E-state index in [2.05, 4.69) is 25.5 Å². The first-order chi connectivity index (χ1) is 9.89. The lowest BCUT2D eigenvalue weighted by molar-refractivity contribution is 0.580. The molecule has 0 amide bonds. The van der Waals surface area contributed by atoms with Crippen molar-refractivity contribution in [2.24, 2.45) is 0 Å². The molecule has 0 aliphatic rings. The smallest absolute Gasteiger partial charge is 0.211 e. The quantitative estimate of drug-likeness (QED) is 0.810. The van der Waals surface area contributed by atoms with Crippen molar-refractivity contribution in [1.82, 2.24) is 4.72 Å². The molecule has 0 saturated carbocycles. The summed E-state index contributed by atoms with van der Waals surface area (Å²) in [6.45, 7) is 6.29. The van der Waals surface area contributed by atoms with Crippen LogP contribution in [0.4, 0.5) is 0 Å². The Kier molecular flexibility index (Phi) is 6.18. The molecule has 0 aliphatic carbocycles. The van der Waals surface area contributed by atoms with Gasteiger partial charge in [0.15, 0.2) is 0 Å². The summed E-state index contributed by atoms with van der Waals surface area (Å²) >= 11 is 0. The van der Waals surface area contributed by atoms with E-state index in [0.29, 0.717) is 6.42 Å². The van der Waals surface area contributed by atoms with Crippen molar-refractivity contribution in [1.29, 1.82) is 0 Å². The van der Waals surface area contributed by atoms with Crippen molar-refractivity contribution in [3.8, 4) is 0 Å². The van der Waals surface area contributed by atoms with Gasteiger partial charge in [-0.05, 0) is 23.0 Å². The first-order valence-electron chi connectivity index (χ1n) is 7.13. The highest BCUT2D eigenvalue weighted by atomic mass is 32.2. The summed E-state index contributed by atoms with van der Waals surface area (Å²) in [6, 6.07) is 7.90. The molecular formula is C15H25NO4S2. The molecule has 0 spiro atoms. The van der Waals surface area contributed by atoms with Crippen molar-refractivity contribution in [3.05, 3.63) is 35.4 Å². The molecule has 0 aliphatic heterocycles. The number of benzene rings is 1. The molecule has 126 valence electrons. The van der Waals surface area contributed by atoms with Crippen molar-refractivity contribution < 1.29 is 16.8 Å². The average Bonchev–Trinajstić information content (AvgIpc) is 2.34. The minimum atomic E-state index is -3.46. The summed E-state index contributed by atoms with van der Waals surface area (Å²) in [6.07, 6.45) is 1.48. The van der Waals surface area contributed by atoms with Crippen molar-refractivity contribution in [3.63, 3.8) is 0 Å². The van der Waals surface area contributed by atoms with E-state index in [1.165, 1.54) is 5.56 Å². The van der Waals surface area contributed by atoms with E-state index in [1.54, 1.807) is 0 Å². The van der Waals surface area contributed by atoms with Gasteiger partial charge in [-0.15, -0.1) is 0 Å². The first kappa shape index (κ1) is 19.1. The molecule has 5 nitrogen and oxygen atoms in total. The number of sulfone groups is 1. The van der Waals surface area contributed by atoms with Gasteiger partial charge in [-0.3, -0.25) is 0 Å². The Morgan fingerprint density at radius 1 is 0.955 bits per heavy atom. The Balaban J connectivity index is 2.54. The van der Waals surface area contributed by atoms with Gasteiger partial charge in [0, 0.05) is 12.8 Å². The van der Waals surface area contributed by atoms with Crippen LogP contribution in [0.25, 0.3) is 0 Å². The molecule has 0 unspecified atom stereocenters. The molecule has 0 radical (unpaired) electrons. The van der Waals surface area contributed by atoms with Crippen LogP contribution < -0.4 is 4.72 Å². The Hall–Kier alpha value is -0.920. The van der Waals surface area contributed by atoms with Crippen LogP contribution >= 0.6 is 0 Å². The van der Waals surface area contributed by atoms with Crippen molar-refractivity contribution >= 4 is 19.9 Å². The summed E-state index contributed by atoms with van der Waals surface area (Å²) in [7, 11) is -6.61. The monoisotopic (exact) mass is 347 g/mol. The van der Waals surface area contributed by atoms with Gasteiger partial charge in [-0.25, -0.2) is 21.6 Å². The van der Waals surface area contributed by atoms with Gasteiger partial charge in [0.2, 0.25) is 10.0 Å². The zero-order valence-electron chi connectivity index (χ0n) is 13.6. The van der Waals surface area contributed by atoms with Gasteiger partial charge >= 0.3 is 0 Å². The Bertz CT molecular complexity index is 684. The summed E-state index contributed by atoms with van der Waals surface area (Å²) in [5.41, 5.74) is 2.21. The summed E-state index contributed by atoms with van der Waals surface area (Å²) in [5.74, 6) is -0.238. The molecule has 7 heteroatoms. The zero-order chi connectivity index (χ0) is 17.0. The average molecular weight is 348 g/mol. The summed E-state index contributed by atoms with van der Waals surface area (Å²) < 4.78 is 47.9. The second-order valence-corrected chi connectivity index (χ2v) is 10.7. The van der Waals surface area contributed by atoms with E-state index in [4.69, 9.17) is 0 Å². The number of rotatable bonds is 7. The Morgan fingerprint density at radius 2 is 1.50 bits per heavy atom. The van der Waals surface area contributed by atoms with E-state index in [1.807, 2.05) is 24.3 Å². The standard InChI is InChI=1S/C15H25NO4S2/c1-15(2,3)14-7-5-13(6-8-14)9-11-22(19,20)16-10-12-21(4,17)18/h5-8,16H,9-12H2,1-4H3. The number of sulfonamides is 1. The Morgan fingerprint density at radius 3 is 1.95 bits per heavy atom. The highest BCUT2D eigenvalue weighted by molar-refractivity contribution is 7.91. The zero-order valence-corrected chi connectivity index (χ0v) is 15.2. The fourth-order valence-electron chi connectivity index (χ4n) is 1.88. The highest BCUT2D eigenvalue weighted by Crippen LogP contribution is 2.22. The minimum Gasteiger partial charge on any atom is -0.229 e. The predicted molar refractivity (Wildman–Crippen MR) is 90.3 cm³/mol. The summed E-state index contributed by atoms with van der Waals surface area (Å²) in [4.78, 5) is 0. The van der Waals surface area contributed by atoms with Crippen LogP contribution in [0.5, 0.6) is 0 Å². The topological polar surface area (TPSA) is 80.3 Å². The molecule has 0 atom stereocenters. The van der Waals surface area contributed by atoms with Crippen LogP contribution in [0.15, 0.2) is 24.3 Å². The molecule has 1 N–H and O–H groups in total. The molecule has 1 aromatic rings. The molecule has 0 aromatic heterocycles. The predicted octanol–water partition coefficient (Wildman–Crippen LogP) is 1.49. The number of hydrogen-bond acceptors (Lipinski definition) is 4. The van der Waals surface area contributed by atoms with Crippen molar-refractivity contribution in [2.75, 3.05) is 24.3 Å². The molecule has 0 bridgehead atoms. The fourth-order valence-corrected chi connectivity index (χ4v) is 3.54. The molecule has 0 heterocycles. The van der Waals surface area contributed by atoms with Gasteiger partial charge in [0.25, 0.3) is 0 Å². The lowest BCUT2D eigenvalue weighted by Gasteiger charge is -2.19. The summed E-state index contributed by atoms with van der Waals surface area (Å²) in [5, 5.41) is 0. The van der Waals surface area contributed by atoms with Crippen molar-refractivity contribution in [2.45, 2.75) is 32.6 Å². The van der Waals surface area contributed by atoms with Crippen LogP contribution in [-0.4, -0.2) is 41.1 Å². The molecule has 0 saturated heterocycles. The largest absolute Gasteiger partial charge is 0.229 e. The molecular weight excluding hydrogens is 322 g/mol. The van der Waals surface area contributed by atoms with Crippen LogP contribution in [0.3, 0.4) is 0 Å².